The van der Waals surface area contributed by atoms with Gasteiger partial charge >= 0.3 is 0 Å². The minimum atomic E-state index is -1.41. The third-order valence-corrected chi connectivity index (χ3v) is 3.26. The van der Waals surface area contributed by atoms with Gasteiger partial charge in [0.2, 0.25) is 0 Å². The molecule has 1 aromatic carbocycles. The summed E-state index contributed by atoms with van der Waals surface area (Å²) in [4.78, 5) is 0. The number of aliphatic hydroxyl groups excluding tert-OH is 1. The molecular weight excluding hydrogens is 240 g/mol. The molecule has 0 amide bonds. The third kappa shape index (κ3) is 4.68. The van der Waals surface area contributed by atoms with Crippen LogP contribution in [0.5, 0.6) is 0 Å². The van der Waals surface area contributed by atoms with E-state index in [1.54, 1.807) is 12.1 Å². The zero-order valence-corrected chi connectivity index (χ0v) is 11.0. The van der Waals surface area contributed by atoms with Crippen LogP contribution in [0.2, 0.25) is 0 Å². The number of benzene rings is 1. The summed E-state index contributed by atoms with van der Waals surface area (Å²) in [6, 6.07) is 7.11. The van der Waals surface area contributed by atoms with Gasteiger partial charge in [0.15, 0.2) is 6.29 Å². The Morgan fingerprint density at radius 2 is 1.95 bits per heavy atom. The Balaban J connectivity index is 1.87. The van der Waals surface area contributed by atoms with Gasteiger partial charge in [0.1, 0.15) is 6.10 Å². The van der Waals surface area contributed by atoms with Gasteiger partial charge in [-0.05, 0) is 24.8 Å². The molecule has 0 aliphatic heterocycles. The summed E-state index contributed by atoms with van der Waals surface area (Å²) < 4.78 is 5.81. The molecule has 0 saturated carbocycles. The lowest BCUT2D eigenvalue weighted by atomic mass is 10.1. The molecule has 2 rings (SSSR count). The van der Waals surface area contributed by atoms with Crippen molar-refractivity contribution in [1.29, 1.82) is 0 Å². The van der Waals surface area contributed by atoms with Crippen LogP contribution in [-0.4, -0.2) is 16.3 Å². The molecule has 3 heteroatoms. The molecule has 0 saturated heterocycles. The van der Waals surface area contributed by atoms with E-state index in [2.05, 4.69) is 11.8 Å². The van der Waals surface area contributed by atoms with E-state index < -0.39 is 6.29 Å². The predicted molar refractivity (Wildman–Crippen MR) is 73.1 cm³/mol. The van der Waals surface area contributed by atoms with Crippen LogP contribution in [0.3, 0.4) is 0 Å². The Hall–Kier alpha value is -1.34. The van der Waals surface area contributed by atoms with Gasteiger partial charge in [-0.25, -0.2) is 0 Å². The summed E-state index contributed by atoms with van der Waals surface area (Å²) >= 11 is 0. The minimum Gasteiger partial charge on any atom is -0.364 e. The Morgan fingerprint density at radius 1 is 1.16 bits per heavy atom. The van der Waals surface area contributed by atoms with Gasteiger partial charge in [0, 0.05) is 12.0 Å². The van der Waals surface area contributed by atoms with E-state index in [9.17, 15) is 0 Å². The normalized spacial score (nSPS) is 19.4. The molecular formula is C16H20O3. The van der Waals surface area contributed by atoms with Crippen molar-refractivity contribution in [3.05, 3.63) is 35.4 Å². The van der Waals surface area contributed by atoms with E-state index in [1.807, 2.05) is 12.1 Å². The van der Waals surface area contributed by atoms with Gasteiger partial charge in [-0.15, -0.1) is 5.92 Å². The summed E-state index contributed by atoms with van der Waals surface area (Å²) in [7, 11) is 0. The average Bonchev–Trinajstić information content (AvgIpc) is 2.38. The number of aliphatic hydroxyl groups is 2. The Labute approximate surface area is 114 Å². The highest BCUT2D eigenvalue weighted by atomic mass is 16.5. The maximum Gasteiger partial charge on any atom is 0.178 e. The fourth-order valence-electron chi connectivity index (χ4n) is 2.09. The summed E-state index contributed by atoms with van der Waals surface area (Å²) in [5.74, 6) is 6.33. The van der Waals surface area contributed by atoms with E-state index in [0.29, 0.717) is 12.2 Å². The molecule has 0 bridgehead atoms. The van der Waals surface area contributed by atoms with E-state index in [4.69, 9.17) is 14.9 Å². The lowest BCUT2D eigenvalue weighted by molar-refractivity contribution is -0.0425. The molecule has 19 heavy (non-hydrogen) atoms. The quantitative estimate of drug-likeness (QED) is 0.646. The number of ether oxygens (including phenoxy) is 1. The van der Waals surface area contributed by atoms with Gasteiger partial charge in [-0.2, -0.15) is 0 Å². The third-order valence-electron chi connectivity index (χ3n) is 3.26. The van der Waals surface area contributed by atoms with Crippen molar-refractivity contribution in [2.45, 2.75) is 51.1 Å². The second-order valence-electron chi connectivity index (χ2n) is 4.84. The van der Waals surface area contributed by atoms with Crippen molar-refractivity contribution in [2.24, 2.45) is 0 Å². The van der Waals surface area contributed by atoms with Crippen molar-refractivity contribution in [1.82, 2.24) is 0 Å². The first-order chi connectivity index (χ1) is 9.25. The first-order valence-electron chi connectivity index (χ1n) is 6.80. The van der Waals surface area contributed by atoms with Crippen LogP contribution in [0.25, 0.3) is 0 Å². The lowest BCUT2D eigenvalue weighted by Crippen LogP contribution is -2.11. The van der Waals surface area contributed by atoms with Crippen molar-refractivity contribution < 1.29 is 14.9 Å². The molecule has 1 atom stereocenters. The molecule has 102 valence electrons. The van der Waals surface area contributed by atoms with E-state index in [1.165, 1.54) is 19.3 Å². The van der Waals surface area contributed by atoms with Crippen molar-refractivity contribution in [3.8, 4) is 11.8 Å². The van der Waals surface area contributed by atoms with Gasteiger partial charge in [0.05, 0.1) is 6.61 Å². The van der Waals surface area contributed by atoms with E-state index in [0.717, 1.165) is 18.4 Å². The first kappa shape index (κ1) is 14.1. The topological polar surface area (TPSA) is 49.7 Å². The van der Waals surface area contributed by atoms with Crippen LogP contribution >= 0.6 is 0 Å². The van der Waals surface area contributed by atoms with E-state index in [-0.39, 0.29) is 6.10 Å². The average molecular weight is 260 g/mol. The maximum absolute atomic E-state index is 9.01. The molecule has 1 aliphatic rings. The summed E-state index contributed by atoms with van der Waals surface area (Å²) in [5.41, 5.74) is 1.52. The summed E-state index contributed by atoms with van der Waals surface area (Å²) in [5, 5.41) is 18.0. The summed E-state index contributed by atoms with van der Waals surface area (Å²) in [6.07, 6.45) is 4.20. The number of hydrogen-bond donors (Lipinski definition) is 2. The molecule has 2 N–H and O–H groups in total. The molecule has 1 unspecified atom stereocenters. The molecule has 3 nitrogen and oxygen atoms in total. The number of hydrogen-bond acceptors (Lipinski definition) is 3. The van der Waals surface area contributed by atoms with Crippen LogP contribution in [0.15, 0.2) is 24.3 Å². The second-order valence-corrected chi connectivity index (χ2v) is 4.84. The molecule has 0 spiro atoms. The summed E-state index contributed by atoms with van der Waals surface area (Å²) in [6.45, 7) is 0.515. The highest BCUT2D eigenvalue weighted by Crippen LogP contribution is 2.15. The van der Waals surface area contributed by atoms with Crippen LogP contribution in [0.4, 0.5) is 0 Å². The minimum absolute atomic E-state index is 0.0309. The standard InChI is InChI=1S/C16H20O3/c17-16(18)14-10-8-13(9-11-14)12-19-15-6-4-2-1-3-5-7-15/h8-11,15-18H,1-4,6,12H2. The fraction of sp³-hybridized carbons (Fsp3) is 0.500. The molecule has 0 fully saturated rings. The van der Waals surface area contributed by atoms with Gasteiger partial charge in [0.25, 0.3) is 0 Å². The molecule has 0 radical (unpaired) electrons. The monoisotopic (exact) mass is 260 g/mol. The first-order valence-corrected chi connectivity index (χ1v) is 6.80. The van der Waals surface area contributed by atoms with Crippen molar-refractivity contribution in [3.63, 3.8) is 0 Å². The van der Waals surface area contributed by atoms with Gasteiger partial charge in [-0.3, -0.25) is 0 Å². The van der Waals surface area contributed by atoms with E-state index >= 15 is 0 Å². The second kappa shape index (κ2) is 7.30. The highest BCUT2D eigenvalue weighted by Gasteiger charge is 2.08. The van der Waals surface area contributed by atoms with Crippen LogP contribution in [0.1, 0.15) is 49.5 Å². The predicted octanol–water partition coefficient (Wildman–Crippen LogP) is 2.52. The zero-order chi connectivity index (χ0) is 13.5. The fourth-order valence-corrected chi connectivity index (χ4v) is 2.09. The Kier molecular flexibility index (Phi) is 5.41. The van der Waals surface area contributed by atoms with Crippen LogP contribution < -0.4 is 0 Å². The Morgan fingerprint density at radius 3 is 2.68 bits per heavy atom. The highest BCUT2D eigenvalue weighted by molar-refractivity contribution is 5.22. The zero-order valence-electron chi connectivity index (χ0n) is 11.0. The van der Waals surface area contributed by atoms with Gasteiger partial charge < -0.3 is 14.9 Å². The smallest absolute Gasteiger partial charge is 0.178 e. The molecule has 0 heterocycles. The van der Waals surface area contributed by atoms with Crippen LogP contribution in [0, 0.1) is 11.8 Å². The Bertz CT molecular complexity index is 439. The number of rotatable bonds is 4. The molecule has 0 aromatic heterocycles. The maximum atomic E-state index is 9.01. The molecule has 1 aromatic rings. The van der Waals surface area contributed by atoms with Gasteiger partial charge in [-0.1, -0.05) is 36.6 Å². The SMILES string of the molecule is OC(O)c1ccc(COC2C#CCCCCC2)cc1. The van der Waals surface area contributed by atoms with Crippen molar-refractivity contribution in [2.75, 3.05) is 0 Å². The van der Waals surface area contributed by atoms with Crippen molar-refractivity contribution >= 4 is 0 Å². The largest absolute Gasteiger partial charge is 0.364 e. The lowest BCUT2D eigenvalue weighted by Gasteiger charge is -2.14. The molecule has 1 aliphatic carbocycles. The van der Waals surface area contributed by atoms with Crippen LogP contribution in [-0.2, 0) is 11.3 Å².